The Morgan fingerprint density at radius 2 is 1.87 bits per heavy atom. The molecule has 0 spiro atoms. The normalized spacial score (nSPS) is 23.1. The molecule has 1 aromatic carbocycles. The van der Waals surface area contributed by atoms with Crippen LogP contribution in [0, 0.1) is 0 Å². The van der Waals surface area contributed by atoms with Crippen LogP contribution in [0.2, 0.25) is 19.6 Å². The molecule has 0 saturated heterocycles. The first-order valence-electron chi connectivity index (χ1n) is 5.35. The molecule has 0 bridgehead atoms. The van der Waals surface area contributed by atoms with E-state index < -0.39 is 7.22 Å². The number of aliphatic imine (C=N–C) groups is 1. The van der Waals surface area contributed by atoms with Crippen LogP contribution in [-0.2, 0) is 0 Å². The SMILES string of the molecule is C[Si](C)(C)SC1C/C1=N/c1ccccc1. The molecule has 0 radical (unpaired) electrons. The summed E-state index contributed by atoms with van der Waals surface area (Å²) in [4.78, 5) is 4.65. The number of rotatable bonds is 3. The molecule has 2 rings (SSSR count). The standard InChI is InChI=1S/C12H17NSSi/c1-15(2,3)14-12-9-11(12)13-10-7-5-4-6-8-10/h4-8,12H,9H2,1-3H3/b13-11-. The smallest absolute Gasteiger partial charge is 0.109 e. The van der Waals surface area contributed by atoms with Crippen LogP contribution >= 0.6 is 11.2 Å². The molecule has 80 valence electrons. The van der Waals surface area contributed by atoms with Crippen molar-refractivity contribution in [1.82, 2.24) is 0 Å². The Hall–Kier alpha value is -0.543. The molecule has 3 heteroatoms. The summed E-state index contributed by atoms with van der Waals surface area (Å²) in [5.41, 5.74) is 2.49. The maximum absolute atomic E-state index is 4.65. The minimum Gasteiger partial charge on any atom is -0.257 e. The molecule has 1 nitrogen and oxygen atoms in total. The Kier molecular flexibility index (Phi) is 3.02. The third-order valence-corrected chi connectivity index (χ3v) is 6.54. The Morgan fingerprint density at radius 1 is 1.20 bits per heavy atom. The molecular formula is C12H17NSSi. The van der Waals surface area contributed by atoms with Crippen molar-refractivity contribution in [2.24, 2.45) is 4.99 Å². The molecule has 1 aliphatic rings. The number of para-hydroxylation sites is 1. The summed E-state index contributed by atoms with van der Waals surface area (Å²) in [6, 6.07) is 10.3. The van der Waals surface area contributed by atoms with E-state index in [2.05, 4.69) is 48.0 Å². The topological polar surface area (TPSA) is 12.4 Å². The van der Waals surface area contributed by atoms with Crippen LogP contribution in [0.15, 0.2) is 35.3 Å². The molecule has 0 heterocycles. The van der Waals surface area contributed by atoms with Gasteiger partial charge in [0, 0.05) is 17.4 Å². The number of hydrogen-bond acceptors (Lipinski definition) is 2. The lowest BCUT2D eigenvalue weighted by atomic mass is 10.3. The van der Waals surface area contributed by atoms with Gasteiger partial charge >= 0.3 is 0 Å². The van der Waals surface area contributed by atoms with Crippen LogP contribution < -0.4 is 0 Å². The third kappa shape index (κ3) is 3.50. The van der Waals surface area contributed by atoms with Crippen LogP contribution in [0.5, 0.6) is 0 Å². The second-order valence-electron chi connectivity index (χ2n) is 4.86. The van der Waals surface area contributed by atoms with Crippen molar-refractivity contribution in [2.75, 3.05) is 0 Å². The Labute approximate surface area is 96.7 Å². The molecule has 0 aromatic heterocycles. The van der Waals surface area contributed by atoms with Gasteiger partial charge in [0.1, 0.15) is 7.22 Å². The maximum atomic E-state index is 4.65. The van der Waals surface area contributed by atoms with E-state index in [-0.39, 0.29) is 0 Å². The van der Waals surface area contributed by atoms with E-state index in [1.54, 1.807) is 0 Å². The van der Waals surface area contributed by atoms with Crippen molar-refractivity contribution in [2.45, 2.75) is 31.3 Å². The lowest BCUT2D eigenvalue weighted by Gasteiger charge is -2.13. The van der Waals surface area contributed by atoms with Gasteiger partial charge in [-0.2, -0.15) is 11.2 Å². The summed E-state index contributed by atoms with van der Waals surface area (Å²) in [6.07, 6.45) is 1.20. The average molecular weight is 235 g/mol. The fraction of sp³-hybridized carbons (Fsp3) is 0.417. The zero-order valence-electron chi connectivity index (χ0n) is 9.53. The zero-order chi connectivity index (χ0) is 10.9. The van der Waals surface area contributed by atoms with Gasteiger partial charge in [-0.05, 0) is 12.1 Å². The zero-order valence-corrected chi connectivity index (χ0v) is 11.3. The van der Waals surface area contributed by atoms with Gasteiger partial charge in [-0.25, -0.2) is 0 Å². The van der Waals surface area contributed by atoms with E-state index in [9.17, 15) is 0 Å². The fourth-order valence-corrected chi connectivity index (χ4v) is 5.97. The second kappa shape index (κ2) is 4.14. The first-order valence-corrected chi connectivity index (χ1v) is 10.5. The van der Waals surface area contributed by atoms with Gasteiger partial charge < -0.3 is 0 Å². The van der Waals surface area contributed by atoms with Crippen molar-refractivity contribution in [3.63, 3.8) is 0 Å². The van der Waals surface area contributed by atoms with Crippen molar-refractivity contribution in [3.05, 3.63) is 30.3 Å². The molecule has 15 heavy (non-hydrogen) atoms. The maximum Gasteiger partial charge on any atom is 0.109 e. The number of nitrogens with zero attached hydrogens (tertiary/aromatic N) is 1. The van der Waals surface area contributed by atoms with Gasteiger partial charge in [0.15, 0.2) is 0 Å². The van der Waals surface area contributed by atoms with Gasteiger partial charge in [0.2, 0.25) is 0 Å². The molecule has 0 N–H and O–H groups in total. The molecule has 1 aliphatic carbocycles. The van der Waals surface area contributed by atoms with Crippen LogP contribution in [0.4, 0.5) is 5.69 Å². The largest absolute Gasteiger partial charge is 0.257 e. The summed E-state index contributed by atoms with van der Waals surface area (Å²) in [5.74, 6) is 0. The average Bonchev–Trinajstić information content (AvgIpc) is 2.82. The highest BCUT2D eigenvalue weighted by Crippen LogP contribution is 2.39. The quantitative estimate of drug-likeness (QED) is 0.719. The van der Waals surface area contributed by atoms with E-state index in [1.165, 1.54) is 12.1 Å². The van der Waals surface area contributed by atoms with Crippen LogP contribution in [0.3, 0.4) is 0 Å². The van der Waals surface area contributed by atoms with Crippen molar-refractivity contribution in [1.29, 1.82) is 0 Å². The van der Waals surface area contributed by atoms with E-state index in [0.29, 0.717) is 0 Å². The van der Waals surface area contributed by atoms with Crippen molar-refractivity contribution < 1.29 is 0 Å². The summed E-state index contributed by atoms with van der Waals surface area (Å²) in [6.45, 7) is 7.20. The van der Waals surface area contributed by atoms with Crippen LogP contribution in [0.25, 0.3) is 0 Å². The Bertz CT molecular complexity index is 367. The molecule has 0 amide bonds. The summed E-state index contributed by atoms with van der Waals surface area (Å²) < 4.78 is 0. The highest BCUT2D eigenvalue weighted by Gasteiger charge is 2.36. The highest BCUT2D eigenvalue weighted by molar-refractivity contribution is 8.29. The molecule has 0 aliphatic heterocycles. The summed E-state index contributed by atoms with van der Waals surface area (Å²) in [7, 11) is -0.981. The Balaban J connectivity index is 1.97. The van der Waals surface area contributed by atoms with E-state index in [4.69, 9.17) is 0 Å². The molecule has 1 atom stereocenters. The summed E-state index contributed by atoms with van der Waals surface area (Å²) in [5, 5.41) is 0.719. The van der Waals surface area contributed by atoms with Crippen molar-refractivity contribution >= 4 is 29.8 Å². The lowest BCUT2D eigenvalue weighted by Crippen LogP contribution is -2.15. The van der Waals surface area contributed by atoms with E-state index in [1.807, 2.05) is 18.2 Å². The van der Waals surface area contributed by atoms with Crippen LogP contribution in [-0.4, -0.2) is 18.2 Å². The van der Waals surface area contributed by atoms with Gasteiger partial charge in [-0.15, -0.1) is 0 Å². The molecule has 1 saturated carbocycles. The predicted molar refractivity (Wildman–Crippen MR) is 72.9 cm³/mol. The first kappa shape index (κ1) is 11.0. The van der Waals surface area contributed by atoms with Crippen molar-refractivity contribution in [3.8, 4) is 0 Å². The van der Waals surface area contributed by atoms with Gasteiger partial charge in [-0.1, -0.05) is 37.8 Å². The predicted octanol–water partition coefficient (Wildman–Crippen LogP) is 4.10. The van der Waals surface area contributed by atoms with Gasteiger partial charge in [-0.3, -0.25) is 4.99 Å². The minimum absolute atomic E-state index is 0.719. The molecular weight excluding hydrogens is 218 g/mol. The second-order valence-corrected chi connectivity index (χ2v) is 14.3. The first-order chi connectivity index (χ1) is 7.04. The number of hydrogen-bond donors (Lipinski definition) is 0. The Morgan fingerprint density at radius 3 is 2.47 bits per heavy atom. The fourth-order valence-electron chi connectivity index (χ4n) is 1.45. The molecule has 1 unspecified atom stereocenters. The summed E-state index contributed by atoms with van der Waals surface area (Å²) >= 11 is 2.16. The lowest BCUT2D eigenvalue weighted by molar-refractivity contribution is 1.52. The molecule has 1 aromatic rings. The minimum atomic E-state index is -0.981. The third-order valence-electron chi connectivity index (χ3n) is 2.13. The van der Waals surface area contributed by atoms with E-state index >= 15 is 0 Å². The van der Waals surface area contributed by atoms with E-state index in [0.717, 1.165) is 10.9 Å². The molecule has 1 fully saturated rings. The monoisotopic (exact) mass is 235 g/mol. The highest BCUT2D eigenvalue weighted by atomic mass is 32.4. The number of benzene rings is 1. The van der Waals surface area contributed by atoms with Crippen LogP contribution in [0.1, 0.15) is 6.42 Å². The van der Waals surface area contributed by atoms with Gasteiger partial charge in [0.25, 0.3) is 0 Å². The van der Waals surface area contributed by atoms with Gasteiger partial charge in [0.05, 0.1) is 5.69 Å².